The molecule has 0 spiro atoms. The van der Waals surface area contributed by atoms with Gasteiger partial charge < -0.3 is 9.84 Å². The molecule has 1 aromatic carbocycles. The van der Waals surface area contributed by atoms with Crippen LogP contribution in [0.15, 0.2) is 41.4 Å². The lowest BCUT2D eigenvalue weighted by atomic mass is 10.3. The summed E-state index contributed by atoms with van der Waals surface area (Å²) in [5.74, 6) is 0.187. The van der Waals surface area contributed by atoms with Gasteiger partial charge in [0.25, 0.3) is 0 Å². The van der Waals surface area contributed by atoms with Gasteiger partial charge in [0.15, 0.2) is 0 Å². The molecule has 0 aliphatic carbocycles. The summed E-state index contributed by atoms with van der Waals surface area (Å²) in [7, 11) is 0. The number of nitrogens with zero attached hydrogens (tertiary/aromatic N) is 1. The lowest BCUT2D eigenvalue weighted by Gasteiger charge is -2.08. The van der Waals surface area contributed by atoms with Crippen LogP contribution >= 0.6 is 35.0 Å². The Morgan fingerprint density at radius 2 is 2.10 bits per heavy atom. The van der Waals surface area contributed by atoms with Gasteiger partial charge in [0, 0.05) is 21.9 Å². The predicted octanol–water partition coefficient (Wildman–Crippen LogP) is 4.26. The number of hydrogen-bond donors (Lipinski definition) is 1. The molecular weight excluding hydrogens is 333 g/mol. The van der Waals surface area contributed by atoms with Crippen molar-refractivity contribution in [1.82, 2.24) is 4.98 Å². The third kappa shape index (κ3) is 4.81. The number of carbonyl (C=O) groups is 1. The van der Waals surface area contributed by atoms with Crippen molar-refractivity contribution in [2.24, 2.45) is 0 Å². The van der Waals surface area contributed by atoms with Gasteiger partial charge in [-0.05, 0) is 30.3 Å². The molecule has 110 valence electrons. The molecule has 0 aliphatic rings. The first-order chi connectivity index (χ1) is 10.1. The van der Waals surface area contributed by atoms with Crippen LogP contribution in [0.25, 0.3) is 0 Å². The lowest BCUT2D eigenvalue weighted by molar-refractivity contribution is 0.0690. The Morgan fingerprint density at radius 3 is 2.81 bits per heavy atom. The number of benzene rings is 1. The third-order valence-corrected chi connectivity index (χ3v) is 3.94. The van der Waals surface area contributed by atoms with Crippen LogP contribution in [0.2, 0.25) is 10.0 Å². The summed E-state index contributed by atoms with van der Waals surface area (Å²) >= 11 is 13.3. The molecule has 2 rings (SSSR count). The van der Waals surface area contributed by atoms with E-state index in [2.05, 4.69) is 4.98 Å². The van der Waals surface area contributed by atoms with Gasteiger partial charge in [0.2, 0.25) is 0 Å². The SMILES string of the molecule is O=C(O)c1cc(SCCOc2ccc(Cl)cc2Cl)ccn1. The molecule has 0 aliphatic heterocycles. The molecule has 0 unspecified atom stereocenters. The highest BCUT2D eigenvalue weighted by Crippen LogP contribution is 2.28. The number of pyridine rings is 1. The van der Waals surface area contributed by atoms with E-state index in [1.54, 1.807) is 24.3 Å². The zero-order valence-corrected chi connectivity index (χ0v) is 13.1. The lowest BCUT2D eigenvalue weighted by Crippen LogP contribution is -2.02. The Balaban J connectivity index is 1.84. The maximum atomic E-state index is 10.8. The maximum absolute atomic E-state index is 10.8. The normalized spacial score (nSPS) is 10.4. The second-order valence-corrected chi connectivity index (χ2v) is 5.97. The topological polar surface area (TPSA) is 59.4 Å². The van der Waals surface area contributed by atoms with Crippen molar-refractivity contribution in [2.45, 2.75) is 4.90 Å². The molecule has 0 radical (unpaired) electrons. The van der Waals surface area contributed by atoms with E-state index in [4.69, 9.17) is 33.0 Å². The maximum Gasteiger partial charge on any atom is 0.354 e. The van der Waals surface area contributed by atoms with Crippen LogP contribution < -0.4 is 4.74 Å². The smallest absolute Gasteiger partial charge is 0.354 e. The van der Waals surface area contributed by atoms with Crippen LogP contribution in [0.4, 0.5) is 0 Å². The summed E-state index contributed by atoms with van der Waals surface area (Å²) in [6, 6.07) is 8.32. The average Bonchev–Trinajstić information content (AvgIpc) is 2.45. The molecule has 21 heavy (non-hydrogen) atoms. The Labute approximate surface area is 136 Å². The van der Waals surface area contributed by atoms with Crippen LogP contribution in [0.1, 0.15) is 10.5 Å². The molecular formula is C14H11Cl2NO3S. The van der Waals surface area contributed by atoms with E-state index in [0.717, 1.165) is 4.90 Å². The third-order valence-electron chi connectivity index (χ3n) is 2.45. The zero-order chi connectivity index (χ0) is 15.2. The van der Waals surface area contributed by atoms with Crippen molar-refractivity contribution < 1.29 is 14.6 Å². The molecule has 0 fully saturated rings. The summed E-state index contributed by atoms with van der Waals surface area (Å²) < 4.78 is 5.55. The summed E-state index contributed by atoms with van der Waals surface area (Å²) in [4.78, 5) is 15.4. The molecule has 0 saturated carbocycles. The molecule has 0 atom stereocenters. The summed E-state index contributed by atoms with van der Waals surface area (Å²) in [5, 5.41) is 9.88. The van der Waals surface area contributed by atoms with E-state index in [0.29, 0.717) is 28.2 Å². The van der Waals surface area contributed by atoms with Gasteiger partial charge in [-0.25, -0.2) is 9.78 Å². The molecule has 2 aromatic rings. The van der Waals surface area contributed by atoms with E-state index in [1.165, 1.54) is 24.0 Å². The van der Waals surface area contributed by atoms with Crippen LogP contribution in [0.5, 0.6) is 5.75 Å². The fourth-order valence-electron chi connectivity index (χ4n) is 1.52. The number of thioether (sulfide) groups is 1. The number of aromatic carboxylic acids is 1. The molecule has 0 amide bonds. The quantitative estimate of drug-likeness (QED) is 0.627. The second kappa shape index (κ2) is 7.54. The summed E-state index contributed by atoms with van der Waals surface area (Å²) in [6.07, 6.45) is 1.47. The number of carboxylic acid groups (broad SMARTS) is 1. The van der Waals surface area contributed by atoms with Crippen molar-refractivity contribution in [1.29, 1.82) is 0 Å². The molecule has 4 nitrogen and oxygen atoms in total. The van der Waals surface area contributed by atoms with Crippen LogP contribution in [-0.4, -0.2) is 28.4 Å². The monoisotopic (exact) mass is 343 g/mol. The van der Waals surface area contributed by atoms with Crippen molar-refractivity contribution in [3.63, 3.8) is 0 Å². The Kier molecular flexibility index (Phi) is 5.73. The number of ether oxygens (including phenoxy) is 1. The van der Waals surface area contributed by atoms with Gasteiger partial charge in [0.05, 0.1) is 11.6 Å². The van der Waals surface area contributed by atoms with E-state index in [1.807, 2.05) is 0 Å². The highest BCUT2D eigenvalue weighted by molar-refractivity contribution is 7.99. The van der Waals surface area contributed by atoms with Crippen LogP contribution in [0.3, 0.4) is 0 Å². The predicted molar refractivity (Wildman–Crippen MR) is 83.9 cm³/mol. The largest absolute Gasteiger partial charge is 0.491 e. The standard InChI is InChI=1S/C14H11Cl2NO3S/c15-9-1-2-13(11(16)7-9)20-5-6-21-10-3-4-17-12(8-10)14(18)19/h1-4,7-8H,5-6H2,(H,18,19). The minimum atomic E-state index is -1.04. The minimum Gasteiger partial charge on any atom is -0.491 e. The number of rotatable bonds is 6. The van der Waals surface area contributed by atoms with Gasteiger partial charge in [-0.3, -0.25) is 0 Å². The fraction of sp³-hybridized carbons (Fsp3) is 0.143. The Bertz CT molecular complexity index is 652. The first kappa shape index (κ1) is 15.9. The molecule has 1 heterocycles. The Morgan fingerprint density at radius 1 is 1.29 bits per heavy atom. The fourth-order valence-corrected chi connectivity index (χ4v) is 2.74. The van der Waals surface area contributed by atoms with E-state index < -0.39 is 5.97 Å². The Hall–Kier alpha value is -1.43. The molecule has 1 aromatic heterocycles. The van der Waals surface area contributed by atoms with Crippen LogP contribution in [-0.2, 0) is 0 Å². The number of hydrogen-bond acceptors (Lipinski definition) is 4. The molecule has 0 bridgehead atoms. The van der Waals surface area contributed by atoms with E-state index in [9.17, 15) is 4.79 Å². The summed E-state index contributed by atoms with van der Waals surface area (Å²) in [6.45, 7) is 0.441. The first-order valence-corrected chi connectivity index (χ1v) is 7.70. The van der Waals surface area contributed by atoms with Gasteiger partial charge in [-0.1, -0.05) is 23.2 Å². The molecule has 7 heteroatoms. The number of carboxylic acids is 1. The molecule has 0 saturated heterocycles. The van der Waals surface area contributed by atoms with Crippen molar-refractivity contribution >= 4 is 40.9 Å². The van der Waals surface area contributed by atoms with E-state index >= 15 is 0 Å². The second-order valence-electron chi connectivity index (χ2n) is 3.95. The van der Waals surface area contributed by atoms with Crippen molar-refractivity contribution in [2.75, 3.05) is 12.4 Å². The van der Waals surface area contributed by atoms with Gasteiger partial charge >= 0.3 is 5.97 Å². The minimum absolute atomic E-state index is 0.0293. The number of aromatic nitrogens is 1. The molecule has 1 N–H and O–H groups in total. The van der Waals surface area contributed by atoms with E-state index in [-0.39, 0.29) is 5.69 Å². The average molecular weight is 344 g/mol. The van der Waals surface area contributed by atoms with Crippen LogP contribution in [0, 0.1) is 0 Å². The zero-order valence-electron chi connectivity index (χ0n) is 10.8. The van der Waals surface area contributed by atoms with Crippen molar-refractivity contribution in [3.05, 3.63) is 52.3 Å². The first-order valence-electron chi connectivity index (χ1n) is 5.96. The highest BCUT2D eigenvalue weighted by atomic mass is 35.5. The van der Waals surface area contributed by atoms with Gasteiger partial charge in [-0.15, -0.1) is 11.8 Å². The highest BCUT2D eigenvalue weighted by Gasteiger charge is 2.06. The van der Waals surface area contributed by atoms with Gasteiger partial charge in [0.1, 0.15) is 11.4 Å². The van der Waals surface area contributed by atoms with Crippen molar-refractivity contribution in [3.8, 4) is 5.75 Å². The van der Waals surface area contributed by atoms with Gasteiger partial charge in [-0.2, -0.15) is 0 Å². The summed E-state index contributed by atoms with van der Waals surface area (Å²) in [5.41, 5.74) is 0.0293. The number of halogens is 2.